The lowest BCUT2D eigenvalue weighted by Gasteiger charge is -2.33. The average molecular weight is 403 g/mol. The van der Waals surface area contributed by atoms with Crippen LogP contribution >= 0.6 is 0 Å². The molecule has 0 aromatic heterocycles. The number of carbonyl (C=O) groups is 2. The number of nitrogens with zero attached hydrogens (tertiary/aromatic N) is 1. The van der Waals surface area contributed by atoms with Gasteiger partial charge in [-0.15, -0.1) is 0 Å². The fourth-order valence-electron chi connectivity index (χ4n) is 2.99. The molecule has 1 saturated heterocycles. The van der Waals surface area contributed by atoms with Crippen LogP contribution in [0.5, 0.6) is 5.75 Å². The van der Waals surface area contributed by atoms with Crippen molar-refractivity contribution in [2.75, 3.05) is 25.5 Å². The summed E-state index contributed by atoms with van der Waals surface area (Å²) in [6.45, 7) is 0.291. The maximum atomic E-state index is 13.0. The van der Waals surface area contributed by atoms with Crippen LogP contribution in [0.15, 0.2) is 59.5 Å². The van der Waals surface area contributed by atoms with Crippen molar-refractivity contribution in [1.82, 2.24) is 9.62 Å². The topological polar surface area (TPSA) is 105 Å². The number of carbonyl (C=O) groups excluding carboxylic acids is 2. The Bertz CT molecular complexity index is 963. The SMILES string of the molecule is COc1cccc(NC(=O)C[C@H]2C(=O)NCCN2S(=O)(=O)c2ccccc2)c1. The van der Waals surface area contributed by atoms with Crippen molar-refractivity contribution < 1.29 is 22.7 Å². The van der Waals surface area contributed by atoms with Crippen LogP contribution in [0.25, 0.3) is 0 Å². The maximum Gasteiger partial charge on any atom is 0.243 e. The standard InChI is InChI=1S/C19H21N3O5S/c1-27-15-7-5-6-14(12-15)21-18(23)13-17-19(24)20-10-11-22(17)28(25,26)16-8-3-2-4-9-16/h2-9,12,17H,10-11,13H2,1H3,(H,20,24)(H,21,23)/t17-/m0/s1. The van der Waals surface area contributed by atoms with Crippen LogP contribution in [0.1, 0.15) is 6.42 Å². The molecule has 1 heterocycles. The van der Waals surface area contributed by atoms with E-state index in [1.807, 2.05) is 0 Å². The normalized spacial score (nSPS) is 17.6. The number of piperazine rings is 1. The summed E-state index contributed by atoms with van der Waals surface area (Å²) in [5, 5.41) is 5.30. The van der Waals surface area contributed by atoms with Gasteiger partial charge in [0.1, 0.15) is 11.8 Å². The van der Waals surface area contributed by atoms with E-state index in [2.05, 4.69) is 10.6 Å². The van der Waals surface area contributed by atoms with E-state index in [9.17, 15) is 18.0 Å². The smallest absolute Gasteiger partial charge is 0.243 e. The summed E-state index contributed by atoms with van der Waals surface area (Å²) in [7, 11) is -2.39. The molecule has 2 aromatic rings. The first kappa shape index (κ1) is 19.8. The summed E-state index contributed by atoms with van der Waals surface area (Å²) < 4.78 is 32.1. The van der Waals surface area contributed by atoms with Crippen LogP contribution in [-0.2, 0) is 19.6 Å². The molecule has 0 radical (unpaired) electrons. The van der Waals surface area contributed by atoms with Gasteiger partial charge >= 0.3 is 0 Å². The molecule has 28 heavy (non-hydrogen) atoms. The summed E-state index contributed by atoms with van der Waals surface area (Å²) in [5.74, 6) is -0.392. The number of sulfonamides is 1. The molecule has 2 N–H and O–H groups in total. The number of hydrogen-bond donors (Lipinski definition) is 2. The van der Waals surface area contributed by atoms with Crippen molar-refractivity contribution in [1.29, 1.82) is 0 Å². The summed E-state index contributed by atoms with van der Waals surface area (Å²) >= 11 is 0. The largest absolute Gasteiger partial charge is 0.497 e. The number of amides is 2. The van der Waals surface area contributed by atoms with Crippen molar-refractivity contribution in [2.45, 2.75) is 17.4 Å². The lowest BCUT2D eigenvalue weighted by atomic mass is 10.1. The van der Waals surface area contributed by atoms with Crippen LogP contribution in [0.3, 0.4) is 0 Å². The van der Waals surface area contributed by atoms with Gasteiger partial charge in [0.05, 0.1) is 18.4 Å². The molecular weight excluding hydrogens is 382 g/mol. The zero-order valence-electron chi connectivity index (χ0n) is 15.3. The number of nitrogens with one attached hydrogen (secondary N) is 2. The van der Waals surface area contributed by atoms with Gasteiger partial charge in [0.25, 0.3) is 0 Å². The molecule has 1 fully saturated rings. The highest BCUT2D eigenvalue weighted by atomic mass is 32.2. The van der Waals surface area contributed by atoms with Gasteiger partial charge in [0.15, 0.2) is 0 Å². The molecule has 0 aliphatic carbocycles. The van der Waals surface area contributed by atoms with E-state index in [1.165, 1.54) is 19.2 Å². The van der Waals surface area contributed by atoms with Crippen LogP contribution < -0.4 is 15.4 Å². The van der Waals surface area contributed by atoms with Crippen molar-refractivity contribution in [3.63, 3.8) is 0 Å². The van der Waals surface area contributed by atoms with Crippen LogP contribution in [0.4, 0.5) is 5.69 Å². The summed E-state index contributed by atoms with van der Waals surface area (Å²) in [6, 6.07) is 13.5. The minimum Gasteiger partial charge on any atom is -0.497 e. The molecule has 1 atom stereocenters. The highest BCUT2D eigenvalue weighted by Crippen LogP contribution is 2.22. The van der Waals surface area contributed by atoms with Gasteiger partial charge < -0.3 is 15.4 Å². The van der Waals surface area contributed by atoms with Gasteiger partial charge in [-0.05, 0) is 24.3 Å². The Morgan fingerprint density at radius 3 is 2.68 bits per heavy atom. The number of rotatable bonds is 6. The molecule has 0 spiro atoms. The van der Waals surface area contributed by atoms with Gasteiger partial charge in [-0.3, -0.25) is 9.59 Å². The van der Waals surface area contributed by atoms with Gasteiger partial charge in [-0.2, -0.15) is 4.31 Å². The van der Waals surface area contributed by atoms with Gasteiger partial charge in [-0.1, -0.05) is 24.3 Å². The van der Waals surface area contributed by atoms with Crippen molar-refractivity contribution in [3.8, 4) is 5.75 Å². The Kier molecular flexibility index (Phi) is 5.96. The minimum absolute atomic E-state index is 0.0860. The molecule has 0 saturated carbocycles. The third-order valence-electron chi connectivity index (χ3n) is 4.36. The lowest BCUT2D eigenvalue weighted by molar-refractivity contribution is -0.130. The second-order valence-electron chi connectivity index (χ2n) is 6.22. The zero-order valence-corrected chi connectivity index (χ0v) is 16.1. The number of ether oxygens (including phenoxy) is 1. The second kappa shape index (κ2) is 8.41. The highest BCUT2D eigenvalue weighted by molar-refractivity contribution is 7.89. The highest BCUT2D eigenvalue weighted by Gasteiger charge is 2.39. The fraction of sp³-hybridized carbons (Fsp3) is 0.263. The van der Waals surface area contributed by atoms with E-state index >= 15 is 0 Å². The predicted octanol–water partition coefficient (Wildman–Crippen LogP) is 1.21. The summed E-state index contributed by atoms with van der Waals surface area (Å²) in [4.78, 5) is 24.9. The van der Waals surface area contributed by atoms with E-state index in [1.54, 1.807) is 42.5 Å². The number of hydrogen-bond acceptors (Lipinski definition) is 5. The second-order valence-corrected chi connectivity index (χ2v) is 8.11. The first-order valence-corrected chi connectivity index (χ1v) is 10.1. The van der Waals surface area contributed by atoms with Crippen molar-refractivity contribution >= 4 is 27.5 Å². The molecule has 148 valence electrons. The summed E-state index contributed by atoms with van der Waals surface area (Å²) in [6.07, 6.45) is -0.297. The molecule has 0 unspecified atom stereocenters. The van der Waals surface area contributed by atoms with E-state index < -0.39 is 27.9 Å². The molecule has 0 bridgehead atoms. The monoisotopic (exact) mass is 403 g/mol. The predicted molar refractivity (Wildman–Crippen MR) is 103 cm³/mol. The van der Waals surface area contributed by atoms with Crippen LogP contribution in [-0.4, -0.2) is 50.8 Å². The number of methoxy groups -OCH3 is 1. The minimum atomic E-state index is -3.90. The Morgan fingerprint density at radius 1 is 1.21 bits per heavy atom. The third-order valence-corrected chi connectivity index (χ3v) is 6.29. The molecule has 3 rings (SSSR count). The first-order valence-electron chi connectivity index (χ1n) is 8.70. The molecule has 1 aliphatic rings. The number of anilines is 1. The maximum absolute atomic E-state index is 13.0. The fourth-order valence-corrected chi connectivity index (χ4v) is 4.60. The quantitative estimate of drug-likeness (QED) is 0.754. The van der Waals surface area contributed by atoms with Gasteiger partial charge in [-0.25, -0.2) is 8.42 Å². The molecule has 2 aromatic carbocycles. The van der Waals surface area contributed by atoms with Gasteiger partial charge in [0, 0.05) is 24.8 Å². The molecular formula is C19H21N3O5S. The Balaban J connectivity index is 1.79. The van der Waals surface area contributed by atoms with Crippen LogP contribution in [0, 0.1) is 0 Å². The summed E-state index contributed by atoms with van der Waals surface area (Å²) in [5.41, 5.74) is 0.498. The third kappa shape index (κ3) is 4.32. The Morgan fingerprint density at radius 2 is 1.96 bits per heavy atom. The molecule has 8 nitrogen and oxygen atoms in total. The lowest BCUT2D eigenvalue weighted by Crippen LogP contribution is -2.57. The van der Waals surface area contributed by atoms with E-state index in [-0.39, 0.29) is 24.4 Å². The van der Waals surface area contributed by atoms with E-state index in [4.69, 9.17) is 4.74 Å². The van der Waals surface area contributed by atoms with Gasteiger partial charge in [0.2, 0.25) is 21.8 Å². The molecule has 1 aliphatic heterocycles. The zero-order chi connectivity index (χ0) is 20.1. The number of benzene rings is 2. The Hall–Kier alpha value is -2.91. The average Bonchev–Trinajstić information content (AvgIpc) is 2.70. The van der Waals surface area contributed by atoms with Crippen molar-refractivity contribution in [2.24, 2.45) is 0 Å². The first-order chi connectivity index (χ1) is 13.4. The van der Waals surface area contributed by atoms with Crippen LogP contribution in [0.2, 0.25) is 0 Å². The van der Waals surface area contributed by atoms with Crippen molar-refractivity contribution in [3.05, 3.63) is 54.6 Å². The molecule has 2 amide bonds. The van der Waals surface area contributed by atoms with E-state index in [0.717, 1.165) is 4.31 Å². The Labute approximate surface area is 163 Å². The molecule has 9 heteroatoms. The van der Waals surface area contributed by atoms with E-state index in [0.29, 0.717) is 11.4 Å².